The maximum atomic E-state index is 11.6. The molecule has 1 N–H and O–H groups in total. The summed E-state index contributed by atoms with van der Waals surface area (Å²) in [5.41, 5.74) is 0.887. The highest BCUT2D eigenvalue weighted by Crippen LogP contribution is 2.18. The van der Waals surface area contributed by atoms with E-state index in [1.54, 1.807) is 24.3 Å². The smallest absolute Gasteiger partial charge is 0.255 e. The van der Waals surface area contributed by atoms with E-state index in [9.17, 15) is 4.79 Å². The first kappa shape index (κ1) is 11.8. The van der Waals surface area contributed by atoms with Crippen molar-refractivity contribution in [2.75, 3.05) is 12.1 Å². The molecule has 1 aromatic carbocycles. The highest BCUT2D eigenvalue weighted by atomic mass is 79.9. The lowest BCUT2D eigenvalue weighted by Gasteiger charge is -2.08. The van der Waals surface area contributed by atoms with Gasteiger partial charge in [-0.3, -0.25) is 4.79 Å². The number of rotatable bonds is 5. The molecule has 0 bridgehead atoms. The summed E-state index contributed by atoms with van der Waals surface area (Å²) < 4.78 is 5.27. The van der Waals surface area contributed by atoms with Crippen molar-refractivity contribution in [2.24, 2.45) is 0 Å². The fourth-order valence-corrected chi connectivity index (χ4v) is 1.35. The van der Waals surface area contributed by atoms with Crippen molar-refractivity contribution >= 4 is 21.8 Å². The van der Waals surface area contributed by atoms with Crippen molar-refractivity contribution in [2.45, 2.75) is 0 Å². The largest absolute Gasteiger partial charge is 0.482 e. The fraction of sp³-hybridized carbons (Fsp3) is 0.182. The van der Waals surface area contributed by atoms with Crippen LogP contribution in [0.15, 0.2) is 36.9 Å². The van der Waals surface area contributed by atoms with Crippen molar-refractivity contribution in [3.8, 4) is 5.75 Å². The van der Waals surface area contributed by atoms with Crippen LogP contribution < -0.4 is 10.1 Å². The number of carbonyl (C=O) groups is 1. The maximum absolute atomic E-state index is 11.6. The highest BCUT2D eigenvalue weighted by molar-refractivity contribution is 9.09. The van der Waals surface area contributed by atoms with Crippen LogP contribution in [0.4, 0.5) is 0 Å². The van der Waals surface area contributed by atoms with Crippen molar-refractivity contribution in [1.82, 2.24) is 5.32 Å². The van der Waals surface area contributed by atoms with Crippen LogP contribution in [0.25, 0.3) is 0 Å². The summed E-state index contributed by atoms with van der Waals surface area (Å²) in [4.78, 5) is 11.6. The van der Waals surface area contributed by atoms with Gasteiger partial charge in [-0.05, 0) is 28.1 Å². The van der Waals surface area contributed by atoms with Gasteiger partial charge in [-0.25, -0.2) is 0 Å². The molecule has 80 valence electrons. The SMILES string of the molecule is C=CCNC(=O)c1ccccc1OCBr. The Morgan fingerprint density at radius 1 is 1.53 bits per heavy atom. The number of carbonyl (C=O) groups excluding carboxylic acids is 1. The molecule has 0 aromatic heterocycles. The van der Waals surface area contributed by atoms with E-state index in [4.69, 9.17) is 4.74 Å². The summed E-state index contributed by atoms with van der Waals surface area (Å²) in [6, 6.07) is 7.09. The number of benzene rings is 1. The molecule has 0 unspecified atom stereocenters. The Balaban J connectivity index is 2.81. The van der Waals surface area contributed by atoms with E-state index in [0.29, 0.717) is 23.4 Å². The first-order valence-electron chi connectivity index (χ1n) is 4.46. The van der Waals surface area contributed by atoms with Gasteiger partial charge in [0, 0.05) is 6.54 Å². The predicted molar refractivity (Wildman–Crippen MR) is 63.4 cm³/mol. The molecule has 0 aliphatic carbocycles. The van der Waals surface area contributed by atoms with Crippen LogP contribution in [-0.4, -0.2) is 18.0 Å². The molecule has 0 aliphatic rings. The molecule has 3 nitrogen and oxygen atoms in total. The summed E-state index contributed by atoms with van der Waals surface area (Å²) in [5.74, 6) is 0.405. The summed E-state index contributed by atoms with van der Waals surface area (Å²) in [6.07, 6.45) is 1.63. The molecule has 0 fully saturated rings. The number of hydrogen-bond acceptors (Lipinski definition) is 2. The third-order valence-electron chi connectivity index (χ3n) is 1.75. The Bertz CT molecular complexity index is 352. The molecule has 0 heterocycles. The molecule has 0 saturated heterocycles. The van der Waals surface area contributed by atoms with Crippen molar-refractivity contribution in [3.63, 3.8) is 0 Å². The first-order chi connectivity index (χ1) is 7.29. The summed E-state index contributed by atoms with van der Waals surface area (Å²) in [7, 11) is 0. The van der Waals surface area contributed by atoms with E-state index >= 15 is 0 Å². The molecule has 1 rings (SSSR count). The van der Waals surface area contributed by atoms with Gasteiger partial charge in [0.05, 0.1) is 5.56 Å². The average molecular weight is 270 g/mol. The zero-order valence-electron chi connectivity index (χ0n) is 8.20. The second kappa shape index (κ2) is 6.24. The number of alkyl halides is 1. The molecular weight excluding hydrogens is 258 g/mol. The van der Waals surface area contributed by atoms with Crippen LogP contribution in [0.5, 0.6) is 5.75 Å². The van der Waals surface area contributed by atoms with Gasteiger partial charge in [-0.15, -0.1) is 6.58 Å². The molecule has 0 spiro atoms. The third-order valence-corrected chi connectivity index (χ3v) is 1.98. The Labute approximate surface area is 97.3 Å². The Morgan fingerprint density at radius 3 is 2.93 bits per heavy atom. The first-order valence-corrected chi connectivity index (χ1v) is 5.58. The van der Waals surface area contributed by atoms with Crippen molar-refractivity contribution in [3.05, 3.63) is 42.5 Å². The molecular formula is C11H12BrNO2. The van der Waals surface area contributed by atoms with Gasteiger partial charge in [0.2, 0.25) is 0 Å². The van der Waals surface area contributed by atoms with Gasteiger partial charge in [0.1, 0.15) is 11.3 Å². The quantitative estimate of drug-likeness (QED) is 0.658. The number of halogens is 1. The Kier molecular flexibility index (Phi) is 4.90. The van der Waals surface area contributed by atoms with Crippen LogP contribution in [0, 0.1) is 0 Å². The lowest BCUT2D eigenvalue weighted by molar-refractivity contribution is 0.0955. The number of amides is 1. The normalized spacial score (nSPS) is 9.40. The Hall–Kier alpha value is -1.29. The van der Waals surface area contributed by atoms with Crippen LogP contribution in [0.3, 0.4) is 0 Å². The van der Waals surface area contributed by atoms with Crippen LogP contribution in [-0.2, 0) is 0 Å². The van der Waals surface area contributed by atoms with E-state index < -0.39 is 0 Å². The van der Waals surface area contributed by atoms with Gasteiger partial charge in [0.25, 0.3) is 5.91 Å². The average Bonchev–Trinajstić information content (AvgIpc) is 2.27. The number of ether oxygens (including phenoxy) is 1. The number of nitrogens with one attached hydrogen (secondary N) is 1. The highest BCUT2D eigenvalue weighted by Gasteiger charge is 2.10. The van der Waals surface area contributed by atoms with Gasteiger partial charge < -0.3 is 10.1 Å². The monoisotopic (exact) mass is 269 g/mol. The molecule has 1 aromatic rings. The van der Waals surface area contributed by atoms with Gasteiger partial charge in [-0.2, -0.15) is 0 Å². The van der Waals surface area contributed by atoms with E-state index in [1.165, 1.54) is 0 Å². The maximum Gasteiger partial charge on any atom is 0.255 e. The van der Waals surface area contributed by atoms with E-state index in [1.807, 2.05) is 6.07 Å². The van der Waals surface area contributed by atoms with E-state index in [0.717, 1.165) is 0 Å². The predicted octanol–water partition coefficient (Wildman–Crippen LogP) is 2.33. The molecule has 1 amide bonds. The fourth-order valence-electron chi connectivity index (χ4n) is 1.10. The second-order valence-corrected chi connectivity index (χ2v) is 3.21. The van der Waals surface area contributed by atoms with E-state index in [2.05, 4.69) is 27.8 Å². The van der Waals surface area contributed by atoms with Gasteiger partial charge in [-0.1, -0.05) is 18.2 Å². The van der Waals surface area contributed by atoms with Crippen molar-refractivity contribution < 1.29 is 9.53 Å². The minimum atomic E-state index is -0.161. The third kappa shape index (κ3) is 3.40. The molecule has 0 aliphatic heterocycles. The van der Waals surface area contributed by atoms with E-state index in [-0.39, 0.29) is 5.91 Å². The van der Waals surface area contributed by atoms with Gasteiger partial charge in [0.15, 0.2) is 0 Å². The summed E-state index contributed by atoms with van der Waals surface area (Å²) >= 11 is 3.15. The van der Waals surface area contributed by atoms with Gasteiger partial charge >= 0.3 is 0 Å². The van der Waals surface area contributed by atoms with Crippen LogP contribution in [0.2, 0.25) is 0 Å². The standard InChI is InChI=1S/C11H12BrNO2/c1-2-7-13-11(14)9-5-3-4-6-10(9)15-8-12/h2-6H,1,7-8H2,(H,13,14). The minimum absolute atomic E-state index is 0.161. The molecule has 0 saturated carbocycles. The zero-order chi connectivity index (χ0) is 11.1. The zero-order valence-corrected chi connectivity index (χ0v) is 9.79. The molecule has 0 radical (unpaired) electrons. The lowest BCUT2D eigenvalue weighted by Crippen LogP contribution is -2.23. The van der Waals surface area contributed by atoms with Crippen molar-refractivity contribution in [1.29, 1.82) is 0 Å². The topological polar surface area (TPSA) is 38.3 Å². The second-order valence-electron chi connectivity index (χ2n) is 2.75. The number of hydrogen-bond donors (Lipinski definition) is 1. The van der Waals surface area contributed by atoms with Crippen LogP contribution in [0.1, 0.15) is 10.4 Å². The molecule has 0 atom stereocenters. The number of para-hydroxylation sites is 1. The Morgan fingerprint density at radius 2 is 2.27 bits per heavy atom. The summed E-state index contributed by atoms with van der Waals surface area (Å²) in [6.45, 7) is 3.98. The summed E-state index contributed by atoms with van der Waals surface area (Å²) in [5, 5.41) is 2.70. The van der Waals surface area contributed by atoms with Crippen LogP contribution >= 0.6 is 15.9 Å². The molecule has 4 heteroatoms. The minimum Gasteiger partial charge on any atom is -0.482 e. The molecule has 15 heavy (non-hydrogen) atoms. The lowest BCUT2D eigenvalue weighted by atomic mass is 10.2.